The van der Waals surface area contributed by atoms with Crippen molar-refractivity contribution in [1.82, 2.24) is 0 Å². The normalized spacial score (nSPS) is 50.7. The lowest BCUT2D eigenvalue weighted by Gasteiger charge is -2.69. The molecule has 0 aromatic rings. The van der Waals surface area contributed by atoms with Crippen molar-refractivity contribution in [2.24, 2.45) is 50.2 Å². The molecule has 34 heavy (non-hydrogen) atoms. The minimum absolute atomic E-state index is 0.00296. The Morgan fingerprint density at radius 1 is 0.971 bits per heavy atom. The molecule has 0 aromatic heterocycles. The maximum atomic E-state index is 12.8. The SMILES string of the molecule is CC1(C)C=C(CO)[C@]2(C)[C@H]3CC=C4[C@@H]5[C@H](O)C(C)(C)CC[C@]5(C(=O)O)CC[C@@]4(C)[C@]3(C)CC[C@@H]12. The summed E-state index contributed by atoms with van der Waals surface area (Å²) in [5.41, 5.74) is 1.18. The van der Waals surface area contributed by atoms with E-state index >= 15 is 0 Å². The summed E-state index contributed by atoms with van der Waals surface area (Å²) in [7, 11) is 0. The number of aliphatic hydroxyl groups is 2. The summed E-state index contributed by atoms with van der Waals surface area (Å²) in [4.78, 5) is 12.8. The van der Waals surface area contributed by atoms with Gasteiger partial charge in [-0.05, 0) is 89.4 Å². The first-order chi connectivity index (χ1) is 15.6. The van der Waals surface area contributed by atoms with Crippen molar-refractivity contribution in [3.8, 4) is 0 Å². The molecule has 0 heterocycles. The molecule has 0 unspecified atom stereocenters. The second-order valence-electron chi connectivity index (χ2n) is 14.6. The van der Waals surface area contributed by atoms with E-state index < -0.39 is 17.5 Å². The van der Waals surface area contributed by atoms with Gasteiger partial charge in [-0.1, -0.05) is 66.2 Å². The highest BCUT2D eigenvalue weighted by atomic mass is 16.4. The number of carboxylic acid groups (broad SMARTS) is 1. The zero-order chi connectivity index (χ0) is 25.1. The predicted molar refractivity (Wildman–Crippen MR) is 134 cm³/mol. The fraction of sp³-hybridized carbons (Fsp3) is 0.833. The smallest absolute Gasteiger partial charge is 0.310 e. The van der Waals surface area contributed by atoms with Crippen LogP contribution in [0.25, 0.3) is 0 Å². The van der Waals surface area contributed by atoms with Crippen LogP contribution in [0.5, 0.6) is 0 Å². The highest BCUT2D eigenvalue weighted by Gasteiger charge is 2.70. The fourth-order valence-corrected chi connectivity index (χ4v) is 10.4. The number of aliphatic hydroxyl groups excluding tert-OH is 2. The van der Waals surface area contributed by atoms with Crippen LogP contribution in [-0.2, 0) is 4.79 Å². The highest BCUT2D eigenvalue weighted by Crippen LogP contribution is 2.76. The maximum absolute atomic E-state index is 12.8. The standard InChI is InChI=1S/C30H46O4/c1-25(2)12-14-30(24(33)34)15-13-27(5)19(22(30)23(25)32)8-9-21-28(27,6)11-10-20-26(3,4)16-18(17-31)29(20,21)7/h8,16,20-23,31-32H,9-15,17H2,1-7H3,(H,33,34)/t20-,21-,22+,23-,27+,28+,29-,30-/m0/s1. The third kappa shape index (κ3) is 2.65. The Kier molecular flexibility index (Phi) is 5.06. The summed E-state index contributed by atoms with van der Waals surface area (Å²) in [6.45, 7) is 16.2. The number of hydrogen-bond acceptors (Lipinski definition) is 3. The van der Waals surface area contributed by atoms with E-state index in [4.69, 9.17) is 0 Å². The Labute approximate surface area is 205 Å². The number of hydrogen-bond donors (Lipinski definition) is 3. The molecule has 0 bridgehead atoms. The summed E-state index contributed by atoms with van der Waals surface area (Å²) >= 11 is 0. The van der Waals surface area contributed by atoms with Gasteiger partial charge in [0.2, 0.25) is 0 Å². The van der Waals surface area contributed by atoms with Crippen LogP contribution >= 0.6 is 0 Å². The molecular weight excluding hydrogens is 424 g/mol. The molecule has 0 aromatic carbocycles. The van der Waals surface area contributed by atoms with Gasteiger partial charge < -0.3 is 15.3 Å². The topological polar surface area (TPSA) is 77.8 Å². The zero-order valence-corrected chi connectivity index (χ0v) is 22.4. The third-order valence-corrected chi connectivity index (χ3v) is 12.7. The molecule has 3 fully saturated rings. The fourth-order valence-electron chi connectivity index (χ4n) is 10.4. The summed E-state index contributed by atoms with van der Waals surface area (Å²) in [6, 6.07) is 0. The molecule has 0 spiro atoms. The number of allylic oxidation sites excluding steroid dienone is 2. The van der Waals surface area contributed by atoms with Crippen molar-refractivity contribution in [2.45, 2.75) is 99.5 Å². The van der Waals surface area contributed by atoms with E-state index in [1.165, 1.54) is 11.1 Å². The van der Waals surface area contributed by atoms with Gasteiger partial charge in [0, 0.05) is 5.92 Å². The number of carboxylic acids is 1. The van der Waals surface area contributed by atoms with Gasteiger partial charge in [0.25, 0.3) is 0 Å². The lowest BCUT2D eigenvalue weighted by Crippen LogP contribution is -2.65. The first-order valence-corrected chi connectivity index (χ1v) is 13.6. The molecule has 0 amide bonds. The summed E-state index contributed by atoms with van der Waals surface area (Å²) in [5, 5.41) is 32.6. The summed E-state index contributed by atoms with van der Waals surface area (Å²) in [5.74, 6) is -0.122. The van der Waals surface area contributed by atoms with Gasteiger partial charge in [0.15, 0.2) is 0 Å². The molecule has 0 aliphatic heterocycles. The maximum Gasteiger partial charge on any atom is 0.310 e. The van der Waals surface area contributed by atoms with Crippen LogP contribution in [0.3, 0.4) is 0 Å². The van der Waals surface area contributed by atoms with Crippen LogP contribution in [0.2, 0.25) is 0 Å². The summed E-state index contributed by atoms with van der Waals surface area (Å²) < 4.78 is 0. The van der Waals surface area contributed by atoms with Gasteiger partial charge in [0.05, 0.1) is 18.1 Å². The predicted octanol–water partition coefficient (Wildman–Crippen LogP) is 5.98. The van der Waals surface area contributed by atoms with Crippen LogP contribution in [0.4, 0.5) is 0 Å². The van der Waals surface area contributed by atoms with Crippen molar-refractivity contribution in [3.05, 3.63) is 23.3 Å². The Bertz CT molecular complexity index is 974. The molecule has 5 rings (SSSR count). The van der Waals surface area contributed by atoms with Crippen molar-refractivity contribution in [1.29, 1.82) is 0 Å². The van der Waals surface area contributed by atoms with Crippen LogP contribution < -0.4 is 0 Å². The van der Waals surface area contributed by atoms with E-state index in [0.717, 1.165) is 32.1 Å². The van der Waals surface area contributed by atoms with Crippen molar-refractivity contribution in [3.63, 3.8) is 0 Å². The van der Waals surface area contributed by atoms with Crippen LogP contribution in [-0.4, -0.2) is 34.0 Å². The van der Waals surface area contributed by atoms with E-state index in [0.29, 0.717) is 24.7 Å². The number of fused-ring (bicyclic) bond motifs is 7. The minimum atomic E-state index is -0.851. The second-order valence-corrected chi connectivity index (χ2v) is 14.6. The van der Waals surface area contributed by atoms with Gasteiger partial charge in [-0.2, -0.15) is 0 Å². The molecule has 0 saturated heterocycles. The van der Waals surface area contributed by atoms with E-state index in [-0.39, 0.29) is 39.6 Å². The largest absolute Gasteiger partial charge is 0.481 e. The lowest BCUT2D eigenvalue weighted by atomic mass is 9.35. The summed E-state index contributed by atoms with van der Waals surface area (Å²) in [6.07, 6.45) is 10.1. The Hall–Kier alpha value is -1.13. The molecule has 0 radical (unpaired) electrons. The first-order valence-electron chi connectivity index (χ1n) is 13.6. The molecule has 8 atom stereocenters. The third-order valence-electron chi connectivity index (χ3n) is 12.7. The molecular formula is C30H46O4. The number of carbonyl (C=O) groups is 1. The van der Waals surface area contributed by atoms with Gasteiger partial charge in [0.1, 0.15) is 0 Å². The highest BCUT2D eigenvalue weighted by molar-refractivity contribution is 5.77. The minimum Gasteiger partial charge on any atom is -0.481 e. The number of aliphatic carboxylic acids is 1. The average Bonchev–Trinajstić information content (AvgIpc) is 2.96. The molecule has 5 aliphatic carbocycles. The van der Waals surface area contributed by atoms with Crippen LogP contribution in [0.15, 0.2) is 23.3 Å². The van der Waals surface area contributed by atoms with E-state index in [1.54, 1.807) is 0 Å². The van der Waals surface area contributed by atoms with Crippen molar-refractivity contribution < 1.29 is 20.1 Å². The van der Waals surface area contributed by atoms with Gasteiger partial charge >= 0.3 is 5.97 Å². The quantitative estimate of drug-likeness (QED) is 0.434. The van der Waals surface area contributed by atoms with Gasteiger partial charge in [-0.15, -0.1) is 0 Å². The van der Waals surface area contributed by atoms with Crippen LogP contribution in [0, 0.1) is 50.2 Å². The van der Waals surface area contributed by atoms with Gasteiger partial charge in [-0.25, -0.2) is 0 Å². The molecule has 190 valence electrons. The second kappa shape index (κ2) is 7.00. The molecule has 4 heteroatoms. The molecule has 3 saturated carbocycles. The molecule has 4 nitrogen and oxygen atoms in total. The zero-order valence-electron chi connectivity index (χ0n) is 22.4. The van der Waals surface area contributed by atoms with Crippen molar-refractivity contribution >= 4 is 5.97 Å². The Morgan fingerprint density at radius 3 is 2.24 bits per heavy atom. The van der Waals surface area contributed by atoms with E-state index in [9.17, 15) is 20.1 Å². The van der Waals surface area contributed by atoms with E-state index in [2.05, 4.69) is 60.6 Å². The van der Waals surface area contributed by atoms with E-state index in [1.807, 2.05) is 0 Å². The molecule has 5 aliphatic rings. The van der Waals surface area contributed by atoms with Crippen molar-refractivity contribution in [2.75, 3.05) is 6.61 Å². The Balaban J connectivity index is 1.66. The van der Waals surface area contributed by atoms with Crippen LogP contribution in [0.1, 0.15) is 93.4 Å². The Morgan fingerprint density at radius 2 is 1.62 bits per heavy atom. The lowest BCUT2D eigenvalue weighted by molar-refractivity contribution is -0.187. The average molecular weight is 471 g/mol. The van der Waals surface area contributed by atoms with Gasteiger partial charge in [-0.3, -0.25) is 4.79 Å². The number of rotatable bonds is 2. The first kappa shape index (κ1) is 24.6. The molecule has 3 N–H and O–H groups in total. The monoisotopic (exact) mass is 470 g/mol.